The molecule has 1 atom stereocenters. The number of benzene rings is 1. The van der Waals surface area contributed by atoms with Gasteiger partial charge in [-0.1, -0.05) is 26.0 Å². The van der Waals surface area contributed by atoms with Crippen LogP contribution < -0.4 is 16.4 Å². The van der Waals surface area contributed by atoms with Crippen molar-refractivity contribution in [3.05, 3.63) is 29.8 Å². The lowest BCUT2D eigenvalue weighted by atomic mass is 10.0. The lowest BCUT2D eigenvalue weighted by molar-refractivity contribution is 0.0790. The van der Waals surface area contributed by atoms with Crippen molar-refractivity contribution in [2.45, 2.75) is 46.2 Å². The topological polar surface area (TPSA) is 87.5 Å². The van der Waals surface area contributed by atoms with Gasteiger partial charge in [0.25, 0.3) is 5.91 Å². The van der Waals surface area contributed by atoms with E-state index in [0.29, 0.717) is 23.7 Å². The summed E-state index contributed by atoms with van der Waals surface area (Å²) in [6, 6.07) is 6.77. The maximum absolute atomic E-state index is 12.7. The molecule has 134 valence electrons. The lowest BCUT2D eigenvalue weighted by Crippen LogP contribution is -2.36. The van der Waals surface area contributed by atoms with Crippen LogP contribution in [0, 0.1) is 5.92 Å². The minimum absolute atomic E-state index is 0.0214. The highest BCUT2D eigenvalue weighted by Gasteiger charge is 2.18. The molecule has 1 aromatic carbocycles. The van der Waals surface area contributed by atoms with E-state index in [1.54, 1.807) is 36.2 Å². The number of hydrogen-bond donors (Lipinski definition) is 3. The number of rotatable bonds is 7. The van der Waals surface area contributed by atoms with Crippen LogP contribution in [0.5, 0.6) is 0 Å². The van der Waals surface area contributed by atoms with Crippen molar-refractivity contribution >= 4 is 17.6 Å². The molecule has 1 unspecified atom stereocenters. The molecule has 6 heteroatoms. The molecule has 24 heavy (non-hydrogen) atoms. The Hall–Kier alpha value is -2.08. The number of nitrogens with one attached hydrogen (secondary N) is 2. The van der Waals surface area contributed by atoms with Gasteiger partial charge in [-0.05, 0) is 38.3 Å². The van der Waals surface area contributed by atoms with E-state index in [1.807, 2.05) is 13.8 Å². The molecule has 0 heterocycles. The molecule has 1 rings (SSSR count). The zero-order valence-electron chi connectivity index (χ0n) is 15.3. The molecule has 0 bridgehead atoms. The molecule has 0 aliphatic carbocycles. The van der Waals surface area contributed by atoms with Gasteiger partial charge in [-0.3, -0.25) is 4.79 Å². The fourth-order valence-electron chi connectivity index (χ4n) is 2.18. The van der Waals surface area contributed by atoms with Crippen molar-refractivity contribution in [2.75, 3.05) is 18.9 Å². The van der Waals surface area contributed by atoms with Gasteiger partial charge in [0, 0.05) is 25.7 Å². The summed E-state index contributed by atoms with van der Waals surface area (Å²) in [6.45, 7) is 8.47. The number of anilines is 1. The molecule has 6 nitrogen and oxygen atoms in total. The highest BCUT2D eigenvalue weighted by Crippen LogP contribution is 2.17. The Labute approximate surface area is 144 Å². The summed E-state index contributed by atoms with van der Waals surface area (Å²) in [4.78, 5) is 26.2. The Morgan fingerprint density at radius 2 is 1.79 bits per heavy atom. The third kappa shape index (κ3) is 6.20. The summed E-state index contributed by atoms with van der Waals surface area (Å²) in [5, 5.41) is 5.49. The molecule has 3 amide bonds. The van der Waals surface area contributed by atoms with Crippen LogP contribution in [0.4, 0.5) is 10.5 Å². The zero-order chi connectivity index (χ0) is 18.3. The van der Waals surface area contributed by atoms with Crippen molar-refractivity contribution in [2.24, 2.45) is 11.7 Å². The monoisotopic (exact) mass is 334 g/mol. The lowest BCUT2D eigenvalue weighted by Gasteiger charge is -2.22. The largest absolute Gasteiger partial charge is 0.342 e. The molecule has 0 spiro atoms. The van der Waals surface area contributed by atoms with Gasteiger partial charge >= 0.3 is 6.03 Å². The van der Waals surface area contributed by atoms with E-state index < -0.39 is 0 Å². The molecule has 0 aliphatic heterocycles. The first-order valence-electron chi connectivity index (χ1n) is 8.40. The average Bonchev–Trinajstić information content (AvgIpc) is 2.51. The highest BCUT2D eigenvalue weighted by atomic mass is 16.2. The van der Waals surface area contributed by atoms with E-state index in [-0.39, 0.29) is 24.0 Å². The number of nitrogens with two attached hydrogens (primary N) is 1. The van der Waals surface area contributed by atoms with E-state index in [0.717, 1.165) is 6.42 Å². The van der Waals surface area contributed by atoms with Crippen LogP contribution in [-0.4, -0.2) is 42.5 Å². The second-order valence-electron chi connectivity index (χ2n) is 6.72. The van der Waals surface area contributed by atoms with Crippen molar-refractivity contribution in [3.63, 3.8) is 0 Å². The molecule has 0 saturated carbocycles. The van der Waals surface area contributed by atoms with E-state index in [2.05, 4.69) is 24.5 Å². The third-order valence-corrected chi connectivity index (χ3v) is 3.83. The second-order valence-corrected chi connectivity index (χ2v) is 6.72. The standard InChI is InChI=1S/C18H30N4O2/c1-12(2)15(19)10-11-22(5)17(23)14-8-6-7-9-16(14)21-18(24)20-13(3)4/h6-9,12-13,15H,10-11,19H2,1-5H3,(H2,20,21,24). The molecule has 0 aromatic heterocycles. The summed E-state index contributed by atoms with van der Waals surface area (Å²) in [7, 11) is 1.75. The molecule has 1 aromatic rings. The predicted molar refractivity (Wildman–Crippen MR) is 98.1 cm³/mol. The van der Waals surface area contributed by atoms with E-state index >= 15 is 0 Å². The first-order chi connectivity index (χ1) is 11.2. The fraction of sp³-hybridized carbons (Fsp3) is 0.556. The Morgan fingerprint density at radius 1 is 1.17 bits per heavy atom. The van der Waals surface area contributed by atoms with Crippen LogP contribution in [0.3, 0.4) is 0 Å². The van der Waals surface area contributed by atoms with Crippen LogP contribution >= 0.6 is 0 Å². The number of amides is 3. The zero-order valence-corrected chi connectivity index (χ0v) is 15.3. The number of para-hydroxylation sites is 1. The highest BCUT2D eigenvalue weighted by molar-refractivity contribution is 6.03. The van der Waals surface area contributed by atoms with Crippen LogP contribution in [0.15, 0.2) is 24.3 Å². The fourth-order valence-corrected chi connectivity index (χ4v) is 2.18. The predicted octanol–water partition coefficient (Wildman–Crippen LogP) is 2.66. The Bertz CT molecular complexity index is 558. The Kier molecular flexibility index (Phi) is 7.71. The SMILES string of the molecule is CC(C)NC(=O)Nc1ccccc1C(=O)N(C)CCC(N)C(C)C. The first kappa shape index (κ1) is 20.0. The number of urea groups is 1. The summed E-state index contributed by atoms with van der Waals surface area (Å²) < 4.78 is 0. The van der Waals surface area contributed by atoms with Gasteiger partial charge < -0.3 is 21.3 Å². The minimum Gasteiger partial charge on any atom is -0.342 e. The Balaban J connectivity index is 2.78. The van der Waals surface area contributed by atoms with Gasteiger partial charge in [0.1, 0.15) is 0 Å². The first-order valence-corrected chi connectivity index (χ1v) is 8.40. The quantitative estimate of drug-likeness (QED) is 0.716. The third-order valence-electron chi connectivity index (χ3n) is 3.83. The van der Waals surface area contributed by atoms with Crippen LogP contribution in [0.2, 0.25) is 0 Å². The van der Waals surface area contributed by atoms with E-state index in [1.165, 1.54) is 0 Å². The van der Waals surface area contributed by atoms with Gasteiger partial charge in [0.15, 0.2) is 0 Å². The van der Waals surface area contributed by atoms with Gasteiger partial charge in [0.05, 0.1) is 11.3 Å². The van der Waals surface area contributed by atoms with Gasteiger partial charge in [-0.25, -0.2) is 4.79 Å². The normalized spacial score (nSPS) is 12.2. The maximum Gasteiger partial charge on any atom is 0.319 e. The molecule has 0 saturated heterocycles. The number of nitrogens with zero attached hydrogens (tertiary/aromatic N) is 1. The van der Waals surface area contributed by atoms with Gasteiger partial charge in [0.2, 0.25) is 0 Å². The summed E-state index contributed by atoms with van der Waals surface area (Å²) in [5.41, 5.74) is 7.01. The molecule has 0 fully saturated rings. The number of carbonyl (C=O) groups is 2. The molecule has 0 radical (unpaired) electrons. The smallest absolute Gasteiger partial charge is 0.319 e. The van der Waals surface area contributed by atoms with Crippen molar-refractivity contribution in [3.8, 4) is 0 Å². The van der Waals surface area contributed by atoms with Crippen LogP contribution in [0.25, 0.3) is 0 Å². The van der Waals surface area contributed by atoms with Crippen molar-refractivity contribution in [1.82, 2.24) is 10.2 Å². The second kappa shape index (κ2) is 9.27. The average molecular weight is 334 g/mol. The van der Waals surface area contributed by atoms with Crippen molar-refractivity contribution in [1.29, 1.82) is 0 Å². The molecule has 4 N–H and O–H groups in total. The van der Waals surface area contributed by atoms with Gasteiger partial charge in [-0.2, -0.15) is 0 Å². The van der Waals surface area contributed by atoms with Crippen LogP contribution in [0.1, 0.15) is 44.5 Å². The number of hydrogen-bond acceptors (Lipinski definition) is 3. The molecular weight excluding hydrogens is 304 g/mol. The van der Waals surface area contributed by atoms with Crippen molar-refractivity contribution < 1.29 is 9.59 Å². The Morgan fingerprint density at radius 3 is 2.38 bits per heavy atom. The molecule has 0 aliphatic rings. The van der Waals surface area contributed by atoms with E-state index in [9.17, 15) is 9.59 Å². The van der Waals surface area contributed by atoms with Crippen LogP contribution in [-0.2, 0) is 0 Å². The number of carbonyl (C=O) groups excluding carboxylic acids is 2. The summed E-state index contributed by atoms with van der Waals surface area (Å²) in [5.74, 6) is 0.244. The summed E-state index contributed by atoms with van der Waals surface area (Å²) in [6.07, 6.45) is 0.739. The van der Waals surface area contributed by atoms with Gasteiger partial charge in [-0.15, -0.1) is 0 Å². The maximum atomic E-state index is 12.7. The summed E-state index contributed by atoms with van der Waals surface area (Å²) >= 11 is 0. The van der Waals surface area contributed by atoms with E-state index in [4.69, 9.17) is 5.73 Å². The molecular formula is C18H30N4O2. The minimum atomic E-state index is -0.324.